The van der Waals surface area contributed by atoms with E-state index in [9.17, 15) is 4.79 Å². The van der Waals surface area contributed by atoms with Crippen LogP contribution < -0.4 is 10.9 Å². The Hall–Kier alpha value is -2.70. The maximum atomic E-state index is 12.9. The Morgan fingerprint density at radius 3 is 2.77 bits per heavy atom. The number of rotatable bonds is 5. The molecule has 0 radical (unpaired) electrons. The third-order valence-electron chi connectivity index (χ3n) is 5.74. The van der Waals surface area contributed by atoms with Crippen LogP contribution in [0.15, 0.2) is 47.3 Å². The number of nitrogens with zero attached hydrogens (tertiary/aromatic N) is 1. The van der Waals surface area contributed by atoms with Gasteiger partial charge in [-0.2, -0.15) is 0 Å². The highest BCUT2D eigenvalue weighted by atomic mass is 32.1. The van der Waals surface area contributed by atoms with E-state index in [4.69, 9.17) is 17.0 Å². The van der Waals surface area contributed by atoms with Crippen LogP contribution in [0.25, 0.3) is 10.9 Å². The summed E-state index contributed by atoms with van der Waals surface area (Å²) >= 11 is 5.76. The van der Waals surface area contributed by atoms with Gasteiger partial charge in [-0.25, -0.2) is 0 Å². The standard InChI is InChI=1S/C25H29N3O2S/c1-16-6-4-7-21(12-16)26-25(31)28(15-22-8-5-9-30-22)14-20-13-19-11-17(2)10-18(3)23(19)27-24(20)29/h4,6-7,10-13,22H,5,8-9,14-15H2,1-3H3,(H,26,31)(H,27,29)/t22-/m0/s1. The third-order valence-corrected chi connectivity index (χ3v) is 6.10. The maximum absolute atomic E-state index is 12.9. The molecule has 6 heteroatoms. The minimum atomic E-state index is -0.0739. The summed E-state index contributed by atoms with van der Waals surface area (Å²) in [5, 5.41) is 4.98. The van der Waals surface area contributed by atoms with Gasteiger partial charge in [0.15, 0.2) is 5.11 Å². The van der Waals surface area contributed by atoms with Gasteiger partial charge in [-0.1, -0.05) is 23.8 Å². The average molecular weight is 436 g/mol. The molecule has 2 N–H and O–H groups in total. The topological polar surface area (TPSA) is 57.4 Å². The van der Waals surface area contributed by atoms with Gasteiger partial charge < -0.3 is 19.9 Å². The molecule has 0 bridgehead atoms. The quantitative estimate of drug-likeness (QED) is 0.562. The van der Waals surface area contributed by atoms with Crippen molar-refractivity contribution in [3.8, 4) is 0 Å². The first kappa shape index (κ1) is 21.5. The molecule has 1 fully saturated rings. The largest absolute Gasteiger partial charge is 0.376 e. The number of aryl methyl sites for hydroxylation is 3. The highest BCUT2D eigenvalue weighted by Gasteiger charge is 2.22. The van der Waals surface area contributed by atoms with E-state index in [1.54, 1.807) is 0 Å². The highest BCUT2D eigenvalue weighted by Crippen LogP contribution is 2.20. The summed E-state index contributed by atoms with van der Waals surface area (Å²) in [6.45, 7) is 8.01. The number of pyridine rings is 1. The maximum Gasteiger partial charge on any atom is 0.253 e. The Kier molecular flexibility index (Phi) is 6.39. The molecule has 1 saturated heterocycles. The minimum absolute atomic E-state index is 0.0739. The van der Waals surface area contributed by atoms with Crippen molar-refractivity contribution >= 4 is 33.9 Å². The second kappa shape index (κ2) is 9.20. The monoisotopic (exact) mass is 435 g/mol. The number of anilines is 1. The second-order valence-corrected chi connectivity index (χ2v) is 8.87. The lowest BCUT2D eigenvalue weighted by Crippen LogP contribution is -2.40. The molecule has 2 aromatic carbocycles. The van der Waals surface area contributed by atoms with Crippen LogP contribution in [0.2, 0.25) is 0 Å². The van der Waals surface area contributed by atoms with Gasteiger partial charge in [0, 0.05) is 24.4 Å². The first-order chi connectivity index (χ1) is 14.9. The molecule has 4 rings (SSSR count). The molecule has 0 spiro atoms. The van der Waals surface area contributed by atoms with Gasteiger partial charge >= 0.3 is 0 Å². The minimum Gasteiger partial charge on any atom is -0.376 e. The number of nitrogens with one attached hydrogen (secondary N) is 2. The van der Waals surface area contributed by atoms with Crippen molar-refractivity contribution in [1.29, 1.82) is 0 Å². The summed E-state index contributed by atoms with van der Waals surface area (Å²) in [6, 6.07) is 14.3. The molecule has 162 valence electrons. The summed E-state index contributed by atoms with van der Waals surface area (Å²) in [5.74, 6) is 0. The highest BCUT2D eigenvalue weighted by molar-refractivity contribution is 7.80. The number of ether oxygens (including phenoxy) is 1. The summed E-state index contributed by atoms with van der Waals surface area (Å²) in [5.41, 5.74) is 5.88. The van der Waals surface area contributed by atoms with E-state index in [1.807, 2.05) is 30.0 Å². The lowest BCUT2D eigenvalue weighted by molar-refractivity contribution is 0.0904. The molecule has 0 aliphatic carbocycles. The van der Waals surface area contributed by atoms with E-state index < -0.39 is 0 Å². The van der Waals surface area contributed by atoms with Crippen LogP contribution in [0.5, 0.6) is 0 Å². The predicted molar refractivity (Wildman–Crippen MR) is 131 cm³/mol. The molecule has 0 amide bonds. The van der Waals surface area contributed by atoms with Crippen molar-refractivity contribution in [2.45, 2.75) is 46.3 Å². The van der Waals surface area contributed by atoms with Crippen LogP contribution in [0.1, 0.15) is 35.1 Å². The number of H-pyrrole nitrogens is 1. The molecule has 3 aromatic rings. The average Bonchev–Trinajstić information content (AvgIpc) is 3.22. The fourth-order valence-electron chi connectivity index (χ4n) is 4.23. The van der Waals surface area contributed by atoms with Crippen LogP contribution in [0, 0.1) is 20.8 Å². The second-order valence-electron chi connectivity index (χ2n) is 8.48. The van der Waals surface area contributed by atoms with E-state index in [1.165, 1.54) is 5.56 Å². The van der Waals surface area contributed by atoms with Crippen LogP contribution in [0.4, 0.5) is 5.69 Å². The van der Waals surface area contributed by atoms with Gasteiger partial charge in [-0.3, -0.25) is 4.79 Å². The summed E-state index contributed by atoms with van der Waals surface area (Å²) < 4.78 is 5.86. The SMILES string of the molecule is Cc1cccc(NC(=S)N(Cc2cc3cc(C)cc(C)c3[nH]c2=O)C[C@@H]2CCCO2)c1. The molecule has 1 atom stereocenters. The number of hydrogen-bond donors (Lipinski definition) is 2. The zero-order valence-electron chi connectivity index (χ0n) is 18.3. The predicted octanol–water partition coefficient (Wildman–Crippen LogP) is 4.83. The number of benzene rings is 2. The van der Waals surface area contributed by atoms with Crippen molar-refractivity contribution in [1.82, 2.24) is 9.88 Å². The number of thiocarbonyl (C=S) groups is 1. The van der Waals surface area contributed by atoms with Crippen molar-refractivity contribution in [2.75, 3.05) is 18.5 Å². The van der Waals surface area contributed by atoms with E-state index in [0.29, 0.717) is 23.8 Å². The Balaban J connectivity index is 1.62. The smallest absolute Gasteiger partial charge is 0.253 e. The Morgan fingerprint density at radius 2 is 2.03 bits per heavy atom. The molecule has 0 saturated carbocycles. The van der Waals surface area contributed by atoms with Crippen LogP contribution in [-0.4, -0.2) is 34.3 Å². The number of aromatic amines is 1. The third kappa shape index (κ3) is 5.14. The molecule has 1 aromatic heterocycles. The van der Waals surface area contributed by atoms with E-state index >= 15 is 0 Å². The lowest BCUT2D eigenvalue weighted by Gasteiger charge is -2.28. The van der Waals surface area contributed by atoms with Crippen LogP contribution >= 0.6 is 12.2 Å². The molecular formula is C25H29N3O2S. The van der Waals surface area contributed by atoms with Gasteiger partial charge in [0.2, 0.25) is 0 Å². The molecular weight excluding hydrogens is 406 g/mol. The molecule has 1 aliphatic rings. The van der Waals surface area contributed by atoms with Crippen molar-refractivity contribution in [3.05, 3.63) is 75.1 Å². The van der Waals surface area contributed by atoms with E-state index in [2.05, 4.69) is 48.4 Å². The molecule has 31 heavy (non-hydrogen) atoms. The van der Waals surface area contributed by atoms with Gasteiger partial charge in [-0.15, -0.1) is 0 Å². The zero-order valence-corrected chi connectivity index (χ0v) is 19.1. The summed E-state index contributed by atoms with van der Waals surface area (Å²) in [7, 11) is 0. The fraction of sp³-hybridized carbons (Fsp3) is 0.360. The summed E-state index contributed by atoms with van der Waals surface area (Å²) in [4.78, 5) is 18.0. The van der Waals surface area contributed by atoms with Crippen molar-refractivity contribution < 1.29 is 4.74 Å². The Morgan fingerprint density at radius 1 is 1.19 bits per heavy atom. The molecule has 0 unspecified atom stereocenters. The fourth-order valence-corrected chi connectivity index (χ4v) is 4.49. The number of aromatic nitrogens is 1. The van der Waals surface area contributed by atoms with Crippen molar-refractivity contribution in [3.63, 3.8) is 0 Å². The number of fused-ring (bicyclic) bond motifs is 1. The van der Waals surface area contributed by atoms with E-state index in [0.717, 1.165) is 47.2 Å². The summed E-state index contributed by atoms with van der Waals surface area (Å²) in [6.07, 6.45) is 2.20. The molecule has 5 nitrogen and oxygen atoms in total. The normalized spacial score (nSPS) is 15.9. The first-order valence-corrected chi connectivity index (χ1v) is 11.2. The van der Waals surface area contributed by atoms with Gasteiger partial charge in [0.25, 0.3) is 5.56 Å². The Labute approximate surface area is 188 Å². The van der Waals surface area contributed by atoms with E-state index in [-0.39, 0.29) is 11.7 Å². The molecule has 2 heterocycles. The van der Waals surface area contributed by atoms with Crippen LogP contribution in [0.3, 0.4) is 0 Å². The van der Waals surface area contributed by atoms with Crippen molar-refractivity contribution in [2.24, 2.45) is 0 Å². The van der Waals surface area contributed by atoms with Gasteiger partial charge in [0.05, 0.1) is 18.2 Å². The first-order valence-electron chi connectivity index (χ1n) is 10.8. The van der Waals surface area contributed by atoms with Crippen LogP contribution in [-0.2, 0) is 11.3 Å². The zero-order chi connectivity index (χ0) is 22.0. The number of hydrogen-bond acceptors (Lipinski definition) is 3. The lowest BCUT2D eigenvalue weighted by atomic mass is 10.1. The van der Waals surface area contributed by atoms with Gasteiger partial charge in [-0.05, 0) is 86.6 Å². The van der Waals surface area contributed by atoms with Gasteiger partial charge in [0.1, 0.15) is 0 Å². The molecule has 1 aliphatic heterocycles. The Bertz CT molecular complexity index is 1170.